The first-order chi connectivity index (χ1) is 10.3. The molecule has 1 aliphatic heterocycles. The molecule has 4 heteroatoms. The third kappa shape index (κ3) is 3.78. The Morgan fingerprint density at radius 3 is 2.62 bits per heavy atom. The smallest absolute Gasteiger partial charge is 0.238 e. The van der Waals surface area contributed by atoms with Crippen LogP contribution in [0.1, 0.15) is 31.2 Å². The molecule has 1 heterocycles. The second-order valence-electron chi connectivity index (χ2n) is 6.18. The number of carbonyl (C=O) groups is 1. The van der Waals surface area contributed by atoms with Gasteiger partial charge in [0.1, 0.15) is 5.88 Å². The SMILES string of the molecule is O=C(CCl)N(C1CC1)[C@@H]1CCCN(Cc2ccccc2)C1. The summed E-state index contributed by atoms with van der Waals surface area (Å²) in [5, 5.41) is 0. The number of piperidine rings is 1. The van der Waals surface area contributed by atoms with Gasteiger partial charge in [0.05, 0.1) is 0 Å². The number of carbonyl (C=O) groups excluding carboxylic acids is 1. The van der Waals surface area contributed by atoms with Gasteiger partial charge in [-0.3, -0.25) is 9.69 Å². The molecule has 1 amide bonds. The molecule has 21 heavy (non-hydrogen) atoms. The number of likely N-dealkylation sites (tertiary alicyclic amines) is 1. The minimum Gasteiger partial charge on any atom is -0.334 e. The second-order valence-corrected chi connectivity index (χ2v) is 6.45. The Labute approximate surface area is 131 Å². The van der Waals surface area contributed by atoms with Crippen molar-refractivity contribution in [1.29, 1.82) is 0 Å². The van der Waals surface area contributed by atoms with Crippen molar-refractivity contribution < 1.29 is 4.79 Å². The third-order valence-corrected chi connectivity index (χ3v) is 4.69. The van der Waals surface area contributed by atoms with Crippen molar-refractivity contribution in [1.82, 2.24) is 9.80 Å². The predicted octanol–water partition coefficient (Wildman–Crippen LogP) is 2.88. The standard InChI is InChI=1S/C17H23ClN2O/c18-11-17(21)20(15-8-9-15)16-7-4-10-19(13-16)12-14-5-2-1-3-6-14/h1-3,5-6,15-16H,4,7-13H2/t16-/m1/s1. The summed E-state index contributed by atoms with van der Waals surface area (Å²) in [7, 11) is 0. The minimum atomic E-state index is 0.116. The second kappa shape index (κ2) is 6.80. The van der Waals surface area contributed by atoms with Gasteiger partial charge in [-0.15, -0.1) is 11.6 Å². The van der Waals surface area contributed by atoms with E-state index < -0.39 is 0 Å². The molecule has 2 fully saturated rings. The van der Waals surface area contributed by atoms with Crippen LogP contribution in [0.3, 0.4) is 0 Å². The van der Waals surface area contributed by atoms with E-state index in [4.69, 9.17) is 11.6 Å². The average Bonchev–Trinajstić information content (AvgIpc) is 3.33. The number of alkyl halides is 1. The molecule has 1 atom stereocenters. The van der Waals surface area contributed by atoms with E-state index in [9.17, 15) is 4.79 Å². The van der Waals surface area contributed by atoms with Crippen molar-refractivity contribution in [2.45, 2.75) is 44.3 Å². The monoisotopic (exact) mass is 306 g/mol. The van der Waals surface area contributed by atoms with Gasteiger partial charge in [-0.25, -0.2) is 0 Å². The van der Waals surface area contributed by atoms with Gasteiger partial charge < -0.3 is 4.90 Å². The fraction of sp³-hybridized carbons (Fsp3) is 0.588. The summed E-state index contributed by atoms with van der Waals surface area (Å²) >= 11 is 5.80. The van der Waals surface area contributed by atoms with Crippen molar-refractivity contribution in [2.75, 3.05) is 19.0 Å². The fourth-order valence-electron chi connectivity index (χ4n) is 3.37. The van der Waals surface area contributed by atoms with Crippen LogP contribution in [0.5, 0.6) is 0 Å². The first kappa shape index (κ1) is 14.9. The summed E-state index contributed by atoms with van der Waals surface area (Å²) in [5.41, 5.74) is 1.35. The fourth-order valence-corrected chi connectivity index (χ4v) is 3.51. The van der Waals surface area contributed by atoms with Gasteiger partial charge in [0.15, 0.2) is 0 Å². The van der Waals surface area contributed by atoms with E-state index in [1.165, 1.54) is 5.56 Å². The van der Waals surface area contributed by atoms with Crippen molar-refractivity contribution in [3.63, 3.8) is 0 Å². The summed E-state index contributed by atoms with van der Waals surface area (Å²) in [5.74, 6) is 0.233. The summed E-state index contributed by atoms with van der Waals surface area (Å²) in [6, 6.07) is 11.4. The highest BCUT2D eigenvalue weighted by molar-refractivity contribution is 6.27. The number of rotatable bonds is 5. The van der Waals surface area contributed by atoms with Crippen molar-refractivity contribution in [3.05, 3.63) is 35.9 Å². The van der Waals surface area contributed by atoms with Crippen LogP contribution < -0.4 is 0 Å². The highest BCUT2D eigenvalue weighted by Crippen LogP contribution is 2.32. The van der Waals surface area contributed by atoms with Gasteiger partial charge >= 0.3 is 0 Å². The molecule has 0 spiro atoms. The number of halogens is 1. The van der Waals surface area contributed by atoms with E-state index >= 15 is 0 Å². The van der Waals surface area contributed by atoms with Crippen molar-refractivity contribution in [2.24, 2.45) is 0 Å². The van der Waals surface area contributed by atoms with Gasteiger partial charge in [0.25, 0.3) is 0 Å². The number of hydrogen-bond donors (Lipinski definition) is 0. The molecular formula is C17H23ClN2O. The molecule has 2 aliphatic rings. The zero-order chi connectivity index (χ0) is 14.7. The zero-order valence-corrected chi connectivity index (χ0v) is 13.1. The lowest BCUT2D eigenvalue weighted by atomic mass is 10.0. The van der Waals surface area contributed by atoms with E-state index in [0.29, 0.717) is 12.1 Å². The molecule has 1 aromatic rings. The Morgan fingerprint density at radius 1 is 1.19 bits per heavy atom. The van der Waals surface area contributed by atoms with Crippen LogP contribution in [0.2, 0.25) is 0 Å². The Balaban J connectivity index is 1.63. The molecule has 1 saturated carbocycles. The molecule has 1 aromatic carbocycles. The molecule has 3 rings (SSSR count). The summed E-state index contributed by atoms with van der Waals surface area (Å²) in [6.45, 7) is 3.08. The lowest BCUT2D eigenvalue weighted by molar-refractivity contribution is -0.132. The Kier molecular flexibility index (Phi) is 4.81. The van der Waals surface area contributed by atoms with Crippen LogP contribution in [0.25, 0.3) is 0 Å². The first-order valence-electron chi connectivity index (χ1n) is 7.91. The number of hydrogen-bond acceptors (Lipinski definition) is 2. The Morgan fingerprint density at radius 2 is 1.95 bits per heavy atom. The Hall–Kier alpha value is -1.06. The van der Waals surface area contributed by atoms with Gasteiger partial charge in [-0.1, -0.05) is 30.3 Å². The third-order valence-electron chi connectivity index (χ3n) is 4.47. The molecule has 0 bridgehead atoms. The van der Waals surface area contributed by atoms with Crippen LogP contribution in [-0.4, -0.2) is 46.8 Å². The highest BCUT2D eigenvalue weighted by atomic mass is 35.5. The number of nitrogens with zero attached hydrogens (tertiary/aromatic N) is 2. The predicted molar refractivity (Wildman–Crippen MR) is 85.3 cm³/mol. The lowest BCUT2D eigenvalue weighted by Gasteiger charge is -2.39. The van der Waals surface area contributed by atoms with Crippen LogP contribution in [0, 0.1) is 0 Å². The molecule has 0 N–H and O–H groups in total. The number of amides is 1. The summed E-state index contributed by atoms with van der Waals surface area (Å²) in [4.78, 5) is 16.7. The molecule has 0 aromatic heterocycles. The van der Waals surface area contributed by atoms with Gasteiger partial charge in [0, 0.05) is 25.2 Å². The molecule has 0 unspecified atom stereocenters. The van der Waals surface area contributed by atoms with Crippen LogP contribution in [0.4, 0.5) is 0 Å². The normalized spacial score (nSPS) is 23.0. The van der Waals surface area contributed by atoms with E-state index in [-0.39, 0.29) is 11.8 Å². The topological polar surface area (TPSA) is 23.6 Å². The van der Waals surface area contributed by atoms with Gasteiger partial charge in [-0.05, 0) is 37.8 Å². The minimum absolute atomic E-state index is 0.116. The van der Waals surface area contributed by atoms with Crippen LogP contribution in [0.15, 0.2) is 30.3 Å². The van der Waals surface area contributed by atoms with Gasteiger partial charge in [0.2, 0.25) is 5.91 Å². The molecule has 1 aliphatic carbocycles. The van der Waals surface area contributed by atoms with Crippen LogP contribution >= 0.6 is 11.6 Å². The Bertz CT molecular complexity index is 475. The van der Waals surface area contributed by atoms with E-state index in [1.54, 1.807) is 0 Å². The first-order valence-corrected chi connectivity index (χ1v) is 8.45. The van der Waals surface area contributed by atoms with Gasteiger partial charge in [-0.2, -0.15) is 0 Å². The van der Waals surface area contributed by atoms with Crippen molar-refractivity contribution in [3.8, 4) is 0 Å². The zero-order valence-electron chi connectivity index (χ0n) is 12.4. The van der Waals surface area contributed by atoms with Crippen molar-refractivity contribution >= 4 is 17.5 Å². The highest BCUT2D eigenvalue weighted by Gasteiger charge is 2.38. The maximum atomic E-state index is 12.1. The van der Waals surface area contributed by atoms with E-state index in [1.807, 2.05) is 0 Å². The molecule has 1 saturated heterocycles. The summed E-state index contributed by atoms with van der Waals surface area (Å²) in [6.07, 6.45) is 4.58. The van der Waals surface area contributed by atoms with E-state index in [0.717, 1.165) is 45.3 Å². The molecule has 0 radical (unpaired) electrons. The number of benzene rings is 1. The summed E-state index contributed by atoms with van der Waals surface area (Å²) < 4.78 is 0. The largest absolute Gasteiger partial charge is 0.334 e. The molecule has 3 nitrogen and oxygen atoms in total. The van der Waals surface area contributed by atoms with E-state index in [2.05, 4.69) is 40.1 Å². The molecular weight excluding hydrogens is 284 g/mol. The maximum Gasteiger partial charge on any atom is 0.238 e. The average molecular weight is 307 g/mol. The quantitative estimate of drug-likeness (QED) is 0.781. The lowest BCUT2D eigenvalue weighted by Crippen LogP contribution is -2.51. The maximum absolute atomic E-state index is 12.1. The van der Waals surface area contributed by atoms with Crippen LogP contribution in [-0.2, 0) is 11.3 Å². The molecule has 114 valence electrons.